The number of aromatic nitrogens is 2. The van der Waals surface area contributed by atoms with E-state index in [-0.39, 0.29) is 11.7 Å². The van der Waals surface area contributed by atoms with E-state index in [1.807, 2.05) is 29.5 Å². The van der Waals surface area contributed by atoms with Crippen molar-refractivity contribution in [1.29, 1.82) is 0 Å². The lowest BCUT2D eigenvalue weighted by Gasteiger charge is -2.06. The minimum absolute atomic E-state index is 0.0311. The van der Waals surface area contributed by atoms with Crippen LogP contribution in [0.4, 0.5) is 0 Å². The second-order valence-electron chi connectivity index (χ2n) is 3.02. The van der Waals surface area contributed by atoms with Crippen molar-refractivity contribution >= 4 is 22.6 Å². The Bertz CT molecular complexity index is 384. The van der Waals surface area contributed by atoms with Gasteiger partial charge in [0.05, 0.1) is 22.8 Å². The van der Waals surface area contributed by atoms with Crippen LogP contribution in [-0.2, 0) is 11.3 Å². The van der Waals surface area contributed by atoms with Gasteiger partial charge in [-0.3, -0.25) is 9.36 Å². The molecule has 0 saturated carbocycles. The Kier molecular flexibility index (Phi) is 2.37. The molecule has 0 N–H and O–H groups in total. The van der Waals surface area contributed by atoms with Crippen molar-refractivity contribution in [3.63, 3.8) is 0 Å². The Hall–Kier alpha value is -0.430. The SMILES string of the molecule is Cc1ncc(I)c(=O)n1CC1CO1. The summed E-state index contributed by atoms with van der Waals surface area (Å²) >= 11 is 2.00. The average molecular weight is 292 g/mol. The topological polar surface area (TPSA) is 47.4 Å². The summed E-state index contributed by atoms with van der Waals surface area (Å²) in [7, 11) is 0. The van der Waals surface area contributed by atoms with Gasteiger partial charge in [-0.1, -0.05) is 0 Å². The van der Waals surface area contributed by atoms with Gasteiger partial charge in [0.25, 0.3) is 5.56 Å². The van der Waals surface area contributed by atoms with Crippen molar-refractivity contribution in [3.8, 4) is 0 Å². The number of rotatable bonds is 2. The van der Waals surface area contributed by atoms with Gasteiger partial charge in [-0.15, -0.1) is 0 Å². The summed E-state index contributed by atoms with van der Waals surface area (Å²) in [6.07, 6.45) is 1.82. The standard InChI is InChI=1S/C8H9IN2O2/c1-5-10-2-7(9)8(12)11(5)3-6-4-13-6/h2,6H,3-4H2,1H3. The molecule has 4 nitrogen and oxygen atoms in total. The molecular formula is C8H9IN2O2. The van der Waals surface area contributed by atoms with Crippen molar-refractivity contribution in [2.75, 3.05) is 6.61 Å². The molecule has 1 atom stereocenters. The van der Waals surface area contributed by atoms with Crippen LogP contribution in [0.3, 0.4) is 0 Å². The number of nitrogens with zero attached hydrogens (tertiary/aromatic N) is 2. The predicted molar refractivity (Wildman–Crippen MR) is 55.7 cm³/mol. The van der Waals surface area contributed by atoms with Crippen molar-refractivity contribution in [2.45, 2.75) is 19.6 Å². The Morgan fingerprint density at radius 1 is 1.85 bits per heavy atom. The average Bonchev–Trinajstić information content (AvgIpc) is 2.89. The third kappa shape index (κ3) is 1.91. The fourth-order valence-corrected chi connectivity index (χ4v) is 1.57. The molecule has 2 heterocycles. The molecule has 0 bridgehead atoms. The summed E-state index contributed by atoms with van der Waals surface area (Å²) in [4.78, 5) is 15.7. The largest absolute Gasteiger partial charge is 0.371 e. The minimum Gasteiger partial charge on any atom is -0.371 e. The molecular weight excluding hydrogens is 283 g/mol. The summed E-state index contributed by atoms with van der Waals surface area (Å²) in [5, 5.41) is 0. The van der Waals surface area contributed by atoms with Crippen LogP contribution >= 0.6 is 22.6 Å². The highest BCUT2D eigenvalue weighted by Crippen LogP contribution is 2.11. The number of epoxide rings is 1. The first-order valence-electron chi connectivity index (χ1n) is 4.02. The summed E-state index contributed by atoms with van der Waals surface area (Å²) in [5.74, 6) is 0.751. The smallest absolute Gasteiger partial charge is 0.267 e. The van der Waals surface area contributed by atoms with Crippen molar-refractivity contribution in [2.24, 2.45) is 0 Å². The minimum atomic E-state index is 0.0311. The van der Waals surface area contributed by atoms with Crippen LogP contribution in [0.25, 0.3) is 0 Å². The van der Waals surface area contributed by atoms with E-state index >= 15 is 0 Å². The van der Waals surface area contributed by atoms with E-state index in [1.54, 1.807) is 10.8 Å². The van der Waals surface area contributed by atoms with E-state index < -0.39 is 0 Å². The van der Waals surface area contributed by atoms with Crippen LogP contribution < -0.4 is 5.56 Å². The first kappa shape index (κ1) is 9.14. The molecule has 1 aliphatic rings. The Balaban J connectivity index is 2.40. The van der Waals surface area contributed by atoms with Crippen LogP contribution in [0.2, 0.25) is 0 Å². The van der Waals surface area contributed by atoms with E-state index in [9.17, 15) is 4.79 Å². The number of aryl methyl sites for hydroxylation is 1. The Labute approximate surface area is 89.1 Å². The van der Waals surface area contributed by atoms with Crippen LogP contribution in [0.15, 0.2) is 11.0 Å². The van der Waals surface area contributed by atoms with Gasteiger partial charge in [0.1, 0.15) is 5.82 Å². The van der Waals surface area contributed by atoms with Crippen molar-refractivity contribution < 1.29 is 4.74 Å². The zero-order valence-electron chi connectivity index (χ0n) is 7.16. The number of halogens is 1. The van der Waals surface area contributed by atoms with E-state index in [0.29, 0.717) is 10.1 Å². The van der Waals surface area contributed by atoms with Gasteiger partial charge in [0, 0.05) is 6.20 Å². The molecule has 0 spiro atoms. The highest BCUT2D eigenvalue weighted by atomic mass is 127. The lowest BCUT2D eigenvalue weighted by molar-refractivity contribution is 0.376. The molecule has 13 heavy (non-hydrogen) atoms. The molecule has 1 aromatic rings. The number of ether oxygens (including phenoxy) is 1. The summed E-state index contributed by atoms with van der Waals surface area (Å²) in [6, 6.07) is 0. The number of hydrogen-bond acceptors (Lipinski definition) is 3. The third-order valence-electron chi connectivity index (χ3n) is 1.99. The molecule has 1 aromatic heterocycles. The van der Waals surface area contributed by atoms with Gasteiger partial charge in [-0.05, 0) is 29.5 Å². The highest BCUT2D eigenvalue weighted by Gasteiger charge is 2.24. The quantitative estimate of drug-likeness (QED) is 0.591. The third-order valence-corrected chi connectivity index (χ3v) is 2.73. The number of hydrogen-bond donors (Lipinski definition) is 0. The summed E-state index contributed by atoms with van der Waals surface area (Å²) < 4.78 is 7.39. The first-order chi connectivity index (χ1) is 6.18. The second-order valence-corrected chi connectivity index (χ2v) is 4.19. The molecule has 70 valence electrons. The zero-order chi connectivity index (χ0) is 9.42. The van der Waals surface area contributed by atoms with Gasteiger partial charge < -0.3 is 4.74 Å². The molecule has 0 radical (unpaired) electrons. The van der Waals surface area contributed by atoms with E-state index in [1.165, 1.54) is 0 Å². The van der Waals surface area contributed by atoms with Gasteiger partial charge in [-0.2, -0.15) is 0 Å². The fraction of sp³-hybridized carbons (Fsp3) is 0.500. The molecule has 1 saturated heterocycles. The molecule has 1 unspecified atom stereocenters. The normalized spacial score (nSPS) is 20.3. The Morgan fingerprint density at radius 3 is 3.15 bits per heavy atom. The molecule has 2 rings (SSSR count). The van der Waals surface area contributed by atoms with Gasteiger partial charge in [0.2, 0.25) is 0 Å². The van der Waals surface area contributed by atoms with E-state index in [0.717, 1.165) is 12.4 Å². The molecule has 0 amide bonds. The van der Waals surface area contributed by atoms with Crippen LogP contribution in [0, 0.1) is 10.5 Å². The zero-order valence-corrected chi connectivity index (χ0v) is 9.32. The molecule has 5 heteroatoms. The molecule has 0 aliphatic carbocycles. The van der Waals surface area contributed by atoms with Crippen molar-refractivity contribution in [1.82, 2.24) is 9.55 Å². The molecule has 1 aliphatic heterocycles. The van der Waals surface area contributed by atoms with Gasteiger partial charge in [-0.25, -0.2) is 4.98 Å². The van der Waals surface area contributed by atoms with Gasteiger partial charge >= 0.3 is 0 Å². The maximum atomic E-state index is 11.6. The predicted octanol–water partition coefficient (Wildman–Crippen LogP) is 0.555. The van der Waals surface area contributed by atoms with Crippen molar-refractivity contribution in [3.05, 3.63) is 25.9 Å². The highest BCUT2D eigenvalue weighted by molar-refractivity contribution is 14.1. The summed E-state index contributed by atoms with van der Waals surface area (Å²) in [6.45, 7) is 3.23. The molecule has 1 fully saturated rings. The van der Waals surface area contributed by atoms with Crippen LogP contribution in [0.5, 0.6) is 0 Å². The van der Waals surface area contributed by atoms with Gasteiger partial charge in [0.15, 0.2) is 0 Å². The van der Waals surface area contributed by atoms with Crippen LogP contribution in [0.1, 0.15) is 5.82 Å². The summed E-state index contributed by atoms with van der Waals surface area (Å²) in [5.41, 5.74) is 0.0311. The fourth-order valence-electron chi connectivity index (χ4n) is 1.14. The van der Waals surface area contributed by atoms with E-state index in [4.69, 9.17) is 4.74 Å². The second kappa shape index (κ2) is 3.38. The van der Waals surface area contributed by atoms with E-state index in [2.05, 4.69) is 4.98 Å². The van der Waals surface area contributed by atoms with Crippen LogP contribution in [-0.4, -0.2) is 22.3 Å². The molecule has 0 aromatic carbocycles. The monoisotopic (exact) mass is 292 g/mol. The first-order valence-corrected chi connectivity index (χ1v) is 5.10. The Morgan fingerprint density at radius 2 is 2.54 bits per heavy atom. The maximum Gasteiger partial charge on any atom is 0.267 e. The maximum absolute atomic E-state index is 11.6. The lowest BCUT2D eigenvalue weighted by Crippen LogP contribution is -2.27. The lowest BCUT2D eigenvalue weighted by atomic mass is 10.4.